The van der Waals surface area contributed by atoms with Crippen LogP contribution in [0, 0.1) is 11.5 Å². The van der Waals surface area contributed by atoms with Crippen LogP contribution in [0.1, 0.15) is 30.0 Å². The van der Waals surface area contributed by atoms with Crippen LogP contribution in [0.2, 0.25) is 0 Å². The van der Waals surface area contributed by atoms with Crippen molar-refractivity contribution in [2.75, 3.05) is 19.7 Å². The summed E-state index contributed by atoms with van der Waals surface area (Å²) in [5.41, 5.74) is 5.15. The van der Waals surface area contributed by atoms with E-state index < -0.39 is 5.91 Å². The predicted molar refractivity (Wildman–Crippen MR) is 126 cm³/mol. The molecule has 0 saturated heterocycles. The molecule has 0 spiro atoms. The highest BCUT2D eigenvalue weighted by Crippen LogP contribution is 2.21. The van der Waals surface area contributed by atoms with Crippen LogP contribution in [0.25, 0.3) is 12.2 Å². The number of benzene rings is 2. The molecule has 0 aliphatic heterocycles. The lowest BCUT2D eigenvalue weighted by Gasteiger charge is -2.21. The van der Waals surface area contributed by atoms with E-state index in [0.29, 0.717) is 6.54 Å². The molecule has 0 aromatic heterocycles. The van der Waals surface area contributed by atoms with Gasteiger partial charge in [0.15, 0.2) is 6.19 Å². The molecule has 6 heteroatoms. The van der Waals surface area contributed by atoms with Gasteiger partial charge in [0.1, 0.15) is 0 Å². The minimum atomic E-state index is -0.449. The fraction of sp³-hybridized carbons (Fsp3) is 0.240. The average Bonchev–Trinajstić information content (AvgIpc) is 2.78. The monoisotopic (exact) mass is 416 g/mol. The zero-order chi connectivity index (χ0) is 22.5. The van der Waals surface area contributed by atoms with Gasteiger partial charge in [0.25, 0.3) is 5.91 Å². The van der Waals surface area contributed by atoms with Gasteiger partial charge in [-0.15, -0.1) is 0 Å². The summed E-state index contributed by atoms with van der Waals surface area (Å²) >= 11 is 0. The molecular weight excluding hydrogens is 388 g/mol. The van der Waals surface area contributed by atoms with E-state index in [1.165, 1.54) is 11.6 Å². The lowest BCUT2D eigenvalue weighted by atomic mass is 10.1. The van der Waals surface area contributed by atoms with Crippen molar-refractivity contribution in [2.45, 2.75) is 19.9 Å². The summed E-state index contributed by atoms with van der Waals surface area (Å²) in [6.07, 6.45) is 7.59. The van der Waals surface area contributed by atoms with Crippen molar-refractivity contribution in [1.82, 2.24) is 10.2 Å². The largest absolute Gasteiger partial charge is 0.395 e. The van der Waals surface area contributed by atoms with Gasteiger partial charge < -0.3 is 5.11 Å². The Morgan fingerprint density at radius 3 is 2.65 bits per heavy atom. The summed E-state index contributed by atoms with van der Waals surface area (Å²) in [4.78, 5) is 17.6. The number of nitriles is 1. The summed E-state index contributed by atoms with van der Waals surface area (Å²) in [6.45, 7) is 7.96. The minimum Gasteiger partial charge on any atom is -0.395 e. The third kappa shape index (κ3) is 8.39. The Balaban J connectivity index is 1.96. The first kappa shape index (κ1) is 23.7. The molecule has 6 nitrogen and oxygen atoms in total. The number of carbonyl (C=O) groups is 1. The minimum absolute atomic E-state index is 0.0980. The third-order valence-electron chi connectivity index (χ3n) is 4.74. The van der Waals surface area contributed by atoms with Gasteiger partial charge in [0, 0.05) is 31.3 Å². The van der Waals surface area contributed by atoms with E-state index in [1.54, 1.807) is 12.3 Å². The summed E-state index contributed by atoms with van der Waals surface area (Å²) < 4.78 is 0. The van der Waals surface area contributed by atoms with Crippen LogP contribution >= 0.6 is 0 Å². The number of carbonyl (C=O) groups excluding carboxylic acids is 1. The molecule has 0 saturated carbocycles. The van der Waals surface area contributed by atoms with Gasteiger partial charge in [0.2, 0.25) is 0 Å². The number of aliphatic imine (C=N–C) groups is 1. The van der Waals surface area contributed by atoms with Crippen molar-refractivity contribution in [3.63, 3.8) is 0 Å². The van der Waals surface area contributed by atoms with E-state index in [0.717, 1.165) is 41.9 Å². The maximum atomic E-state index is 11.3. The van der Waals surface area contributed by atoms with E-state index in [2.05, 4.69) is 29.6 Å². The van der Waals surface area contributed by atoms with Crippen molar-refractivity contribution in [2.24, 2.45) is 4.99 Å². The van der Waals surface area contributed by atoms with E-state index in [-0.39, 0.29) is 6.61 Å². The summed E-state index contributed by atoms with van der Waals surface area (Å²) in [6, 6.07) is 15.8. The Bertz CT molecular complexity index is 972. The number of nitrogens with zero attached hydrogens (tertiary/aromatic N) is 3. The Kier molecular flexibility index (Phi) is 9.89. The second-order valence-electron chi connectivity index (χ2n) is 7.13. The van der Waals surface area contributed by atoms with Crippen LogP contribution < -0.4 is 5.32 Å². The molecule has 0 atom stereocenters. The SMILES string of the molecule is C=Nc1ccccc1/C=C(\C)CCN(CCO)Cc1ccc(/C=C/C(=O)NC#N)cc1. The number of para-hydroxylation sites is 1. The molecule has 0 fully saturated rings. The Labute approximate surface area is 183 Å². The van der Waals surface area contributed by atoms with E-state index in [9.17, 15) is 9.90 Å². The van der Waals surface area contributed by atoms with E-state index in [4.69, 9.17) is 5.26 Å². The molecule has 0 aliphatic rings. The summed E-state index contributed by atoms with van der Waals surface area (Å²) in [5.74, 6) is -0.449. The number of aliphatic hydroxyl groups is 1. The maximum Gasteiger partial charge on any atom is 0.256 e. The van der Waals surface area contributed by atoms with Crippen LogP contribution in [0.4, 0.5) is 5.69 Å². The number of hydrogen-bond donors (Lipinski definition) is 2. The number of aliphatic hydroxyl groups excluding tert-OH is 1. The molecular formula is C25H28N4O2. The third-order valence-corrected chi connectivity index (χ3v) is 4.74. The van der Waals surface area contributed by atoms with Crippen LogP contribution in [-0.4, -0.2) is 42.3 Å². The number of nitrogens with one attached hydrogen (secondary N) is 1. The molecule has 0 bridgehead atoms. The maximum absolute atomic E-state index is 11.3. The quantitative estimate of drug-likeness (QED) is 0.251. The number of hydrogen-bond acceptors (Lipinski definition) is 5. The van der Waals surface area contributed by atoms with Gasteiger partial charge in [-0.05, 0) is 43.3 Å². The fourth-order valence-corrected chi connectivity index (χ4v) is 3.10. The van der Waals surface area contributed by atoms with Crippen LogP contribution in [0.15, 0.2) is 65.2 Å². The number of rotatable bonds is 11. The fourth-order valence-electron chi connectivity index (χ4n) is 3.10. The van der Waals surface area contributed by atoms with Gasteiger partial charge in [0.05, 0.1) is 12.3 Å². The molecule has 160 valence electrons. The molecule has 2 rings (SSSR count). The van der Waals surface area contributed by atoms with Gasteiger partial charge in [-0.1, -0.05) is 54.1 Å². The molecule has 31 heavy (non-hydrogen) atoms. The predicted octanol–water partition coefficient (Wildman–Crippen LogP) is 3.92. The van der Waals surface area contributed by atoms with Crippen molar-refractivity contribution in [3.05, 3.63) is 76.9 Å². The van der Waals surface area contributed by atoms with Gasteiger partial charge >= 0.3 is 0 Å². The number of amides is 1. The van der Waals surface area contributed by atoms with E-state index >= 15 is 0 Å². The van der Waals surface area contributed by atoms with Crippen LogP contribution in [-0.2, 0) is 11.3 Å². The van der Waals surface area contributed by atoms with Gasteiger partial charge in [-0.3, -0.25) is 20.0 Å². The van der Waals surface area contributed by atoms with E-state index in [1.807, 2.05) is 53.8 Å². The smallest absolute Gasteiger partial charge is 0.256 e. The molecule has 2 aromatic carbocycles. The standard InChI is InChI=1S/C25H28N4O2/c1-20(17-23-5-3-4-6-24(23)27-2)13-14-29(15-16-30)18-22-9-7-21(8-10-22)11-12-25(31)28-19-26/h3-12,17,30H,2,13-16,18H2,1H3,(H,28,31)/b12-11+,20-17+. The Morgan fingerprint density at radius 2 is 1.97 bits per heavy atom. The van der Waals surface area contributed by atoms with Gasteiger partial charge in [-0.25, -0.2) is 0 Å². The summed E-state index contributed by atoms with van der Waals surface area (Å²) in [5, 5.41) is 19.9. The lowest BCUT2D eigenvalue weighted by molar-refractivity contribution is -0.115. The van der Waals surface area contributed by atoms with Gasteiger partial charge in [-0.2, -0.15) is 5.26 Å². The molecule has 2 aromatic rings. The molecule has 2 N–H and O–H groups in total. The first-order valence-electron chi connectivity index (χ1n) is 10.1. The highest BCUT2D eigenvalue weighted by molar-refractivity contribution is 5.92. The van der Waals surface area contributed by atoms with Crippen LogP contribution in [0.3, 0.4) is 0 Å². The zero-order valence-corrected chi connectivity index (χ0v) is 17.8. The average molecular weight is 417 g/mol. The molecule has 0 radical (unpaired) electrons. The second-order valence-corrected chi connectivity index (χ2v) is 7.13. The molecule has 0 unspecified atom stereocenters. The molecule has 1 amide bonds. The van der Waals surface area contributed by atoms with Crippen molar-refractivity contribution < 1.29 is 9.90 Å². The first-order valence-corrected chi connectivity index (χ1v) is 10.1. The van der Waals surface area contributed by atoms with Crippen molar-refractivity contribution in [3.8, 4) is 6.19 Å². The summed E-state index contributed by atoms with van der Waals surface area (Å²) in [7, 11) is 0. The topological polar surface area (TPSA) is 88.7 Å². The molecule has 0 heterocycles. The highest BCUT2D eigenvalue weighted by atomic mass is 16.3. The van der Waals surface area contributed by atoms with Crippen molar-refractivity contribution in [1.29, 1.82) is 5.26 Å². The van der Waals surface area contributed by atoms with Crippen molar-refractivity contribution >= 4 is 30.5 Å². The first-order chi connectivity index (χ1) is 15.0. The Morgan fingerprint density at radius 1 is 1.23 bits per heavy atom. The lowest BCUT2D eigenvalue weighted by Crippen LogP contribution is -2.27. The highest BCUT2D eigenvalue weighted by Gasteiger charge is 2.07. The second kappa shape index (κ2) is 12.9. The zero-order valence-electron chi connectivity index (χ0n) is 17.8. The van der Waals surface area contributed by atoms with Crippen LogP contribution in [0.5, 0.6) is 0 Å². The Hall–Kier alpha value is -3.53. The molecule has 0 aliphatic carbocycles. The normalized spacial score (nSPS) is 11.5.